The molecule has 7 heteroatoms. The Morgan fingerprint density at radius 2 is 2.00 bits per heavy atom. The summed E-state index contributed by atoms with van der Waals surface area (Å²) in [5.74, 6) is 0.408. The molecular formula is C21H18N4O3. The Hall–Kier alpha value is -3.74. The number of para-hydroxylation sites is 1. The van der Waals surface area contributed by atoms with Crippen molar-refractivity contribution in [3.63, 3.8) is 0 Å². The second-order valence-electron chi connectivity index (χ2n) is 6.31. The summed E-state index contributed by atoms with van der Waals surface area (Å²) >= 11 is 0. The highest BCUT2D eigenvalue weighted by Gasteiger charge is 2.11. The summed E-state index contributed by atoms with van der Waals surface area (Å²) in [6.07, 6.45) is 3.27. The van der Waals surface area contributed by atoms with Crippen LogP contribution < -0.4 is 15.6 Å². The van der Waals surface area contributed by atoms with Crippen LogP contribution in [0.25, 0.3) is 21.8 Å². The van der Waals surface area contributed by atoms with E-state index in [4.69, 9.17) is 4.74 Å². The Morgan fingerprint density at radius 3 is 2.86 bits per heavy atom. The smallest absolute Gasteiger partial charge is 0.261 e. The van der Waals surface area contributed by atoms with Gasteiger partial charge in [0, 0.05) is 30.6 Å². The van der Waals surface area contributed by atoms with Crippen LogP contribution >= 0.6 is 0 Å². The Bertz CT molecular complexity index is 1230. The molecule has 0 aliphatic heterocycles. The number of pyridine rings is 1. The molecule has 28 heavy (non-hydrogen) atoms. The number of ether oxygens (including phenoxy) is 1. The van der Waals surface area contributed by atoms with E-state index in [1.165, 1.54) is 10.9 Å². The molecule has 0 spiro atoms. The van der Waals surface area contributed by atoms with E-state index in [1.807, 2.05) is 24.3 Å². The van der Waals surface area contributed by atoms with E-state index in [2.05, 4.69) is 15.3 Å². The van der Waals surface area contributed by atoms with Crippen LogP contribution in [0.5, 0.6) is 5.75 Å². The molecule has 1 N–H and O–H groups in total. The van der Waals surface area contributed by atoms with E-state index in [0.29, 0.717) is 27.9 Å². The molecule has 2 aromatic carbocycles. The standard InChI is InChI=1S/C21H18N4O3/c1-28-15-11-14-5-4-9-22-20(14)18(12-15)24-19(26)8-10-25-13-23-17-7-3-2-6-16(17)21(25)27/h2-7,9,11-13H,8,10H2,1H3,(H,24,26). The molecule has 2 heterocycles. The van der Waals surface area contributed by atoms with Crippen molar-refractivity contribution >= 4 is 33.4 Å². The second-order valence-corrected chi connectivity index (χ2v) is 6.31. The van der Waals surface area contributed by atoms with Gasteiger partial charge < -0.3 is 10.1 Å². The van der Waals surface area contributed by atoms with Gasteiger partial charge in [0.2, 0.25) is 5.91 Å². The van der Waals surface area contributed by atoms with Gasteiger partial charge in [0.25, 0.3) is 5.56 Å². The molecule has 0 fully saturated rings. The summed E-state index contributed by atoms with van der Waals surface area (Å²) in [7, 11) is 1.57. The van der Waals surface area contributed by atoms with Gasteiger partial charge in [-0.3, -0.25) is 19.1 Å². The molecule has 0 unspecified atom stereocenters. The summed E-state index contributed by atoms with van der Waals surface area (Å²) < 4.78 is 6.75. The molecule has 140 valence electrons. The highest BCUT2D eigenvalue weighted by molar-refractivity contribution is 6.01. The van der Waals surface area contributed by atoms with E-state index in [1.54, 1.807) is 37.6 Å². The Kier molecular flexibility index (Phi) is 4.72. The van der Waals surface area contributed by atoms with Crippen LogP contribution in [0.1, 0.15) is 6.42 Å². The van der Waals surface area contributed by atoms with Crippen molar-refractivity contribution < 1.29 is 9.53 Å². The maximum atomic E-state index is 12.5. The summed E-state index contributed by atoms with van der Waals surface area (Å²) in [4.78, 5) is 33.6. The van der Waals surface area contributed by atoms with E-state index >= 15 is 0 Å². The molecule has 0 saturated carbocycles. The molecule has 0 atom stereocenters. The fourth-order valence-electron chi connectivity index (χ4n) is 3.08. The molecule has 1 amide bonds. The number of aromatic nitrogens is 3. The molecule has 0 aliphatic rings. The van der Waals surface area contributed by atoms with Crippen LogP contribution in [0.4, 0.5) is 5.69 Å². The number of fused-ring (bicyclic) bond motifs is 2. The monoisotopic (exact) mass is 374 g/mol. The van der Waals surface area contributed by atoms with E-state index < -0.39 is 0 Å². The maximum absolute atomic E-state index is 12.5. The minimum atomic E-state index is -0.222. The number of carbonyl (C=O) groups excluding carboxylic acids is 1. The van der Waals surface area contributed by atoms with E-state index in [9.17, 15) is 9.59 Å². The van der Waals surface area contributed by atoms with Crippen LogP contribution in [0.3, 0.4) is 0 Å². The number of hydrogen-bond acceptors (Lipinski definition) is 5. The van der Waals surface area contributed by atoms with Gasteiger partial charge in [-0.25, -0.2) is 4.98 Å². The number of amides is 1. The van der Waals surface area contributed by atoms with Gasteiger partial charge in [-0.2, -0.15) is 0 Å². The number of hydrogen-bond donors (Lipinski definition) is 1. The lowest BCUT2D eigenvalue weighted by Gasteiger charge is -2.11. The lowest BCUT2D eigenvalue weighted by Crippen LogP contribution is -2.23. The van der Waals surface area contributed by atoms with Gasteiger partial charge in [-0.15, -0.1) is 0 Å². The number of nitrogens with zero attached hydrogens (tertiary/aromatic N) is 3. The predicted octanol–water partition coefficient (Wildman–Crippen LogP) is 2.98. The molecule has 4 rings (SSSR count). The lowest BCUT2D eigenvalue weighted by molar-refractivity contribution is -0.116. The molecule has 0 radical (unpaired) electrons. The molecule has 4 aromatic rings. The van der Waals surface area contributed by atoms with Crippen LogP contribution in [-0.4, -0.2) is 27.6 Å². The first-order valence-corrected chi connectivity index (χ1v) is 8.82. The molecule has 0 saturated heterocycles. The molecule has 7 nitrogen and oxygen atoms in total. The van der Waals surface area contributed by atoms with Crippen molar-refractivity contribution in [2.75, 3.05) is 12.4 Å². The van der Waals surface area contributed by atoms with Gasteiger partial charge in [0.15, 0.2) is 0 Å². The SMILES string of the molecule is COc1cc(NC(=O)CCn2cnc3ccccc3c2=O)c2ncccc2c1. The van der Waals surface area contributed by atoms with Gasteiger partial charge >= 0.3 is 0 Å². The van der Waals surface area contributed by atoms with Crippen LogP contribution in [0.2, 0.25) is 0 Å². The third-order valence-corrected chi connectivity index (χ3v) is 4.50. The molecule has 0 bridgehead atoms. The minimum absolute atomic E-state index is 0.130. The summed E-state index contributed by atoms with van der Waals surface area (Å²) in [5.41, 5.74) is 1.74. The molecular weight excluding hydrogens is 356 g/mol. The van der Waals surface area contributed by atoms with Crippen molar-refractivity contribution in [1.82, 2.24) is 14.5 Å². The number of rotatable bonds is 5. The first kappa shape index (κ1) is 17.7. The number of benzene rings is 2. The van der Waals surface area contributed by atoms with Gasteiger partial charge in [0.05, 0.1) is 35.5 Å². The van der Waals surface area contributed by atoms with Crippen molar-refractivity contribution in [1.29, 1.82) is 0 Å². The predicted molar refractivity (Wildman–Crippen MR) is 108 cm³/mol. The van der Waals surface area contributed by atoms with Crippen molar-refractivity contribution in [2.45, 2.75) is 13.0 Å². The summed E-state index contributed by atoms with van der Waals surface area (Å²) in [6.45, 7) is 0.234. The third-order valence-electron chi connectivity index (χ3n) is 4.50. The third kappa shape index (κ3) is 3.42. The van der Waals surface area contributed by atoms with Crippen LogP contribution in [0.15, 0.2) is 65.8 Å². The number of carbonyl (C=O) groups is 1. The zero-order valence-corrected chi connectivity index (χ0v) is 15.3. The second kappa shape index (κ2) is 7.48. The fourth-order valence-corrected chi connectivity index (χ4v) is 3.08. The zero-order chi connectivity index (χ0) is 19.5. The van der Waals surface area contributed by atoms with E-state index in [-0.39, 0.29) is 24.4 Å². The average molecular weight is 374 g/mol. The normalized spacial score (nSPS) is 10.9. The van der Waals surface area contributed by atoms with Crippen LogP contribution in [-0.2, 0) is 11.3 Å². The van der Waals surface area contributed by atoms with Gasteiger partial charge in [-0.05, 0) is 24.3 Å². The Morgan fingerprint density at radius 1 is 1.14 bits per heavy atom. The van der Waals surface area contributed by atoms with Gasteiger partial charge in [-0.1, -0.05) is 18.2 Å². The number of aryl methyl sites for hydroxylation is 1. The molecule has 0 aliphatic carbocycles. The number of anilines is 1. The number of methoxy groups -OCH3 is 1. The van der Waals surface area contributed by atoms with Crippen LogP contribution in [0, 0.1) is 0 Å². The zero-order valence-electron chi connectivity index (χ0n) is 15.3. The topological polar surface area (TPSA) is 86.1 Å². The Labute approximate surface area is 160 Å². The van der Waals surface area contributed by atoms with Crippen molar-refractivity contribution in [2.24, 2.45) is 0 Å². The minimum Gasteiger partial charge on any atom is -0.497 e. The van der Waals surface area contributed by atoms with Gasteiger partial charge in [0.1, 0.15) is 5.75 Å². The van der Waals surface area contributed by atoms with E-state index in [0.717, 1.165) is 5.39 Å². The quantitative estimate of drug-likeness (QED) is 0.580. The Balaban J connectivity index is 1.54. The maximum Gasteiger partial charge on any atom is 0.261 e. The highest BCUT2D eigenvalue weighted by atomic mass is 16.5. The molecule has 2 aromatic heterocycles. The summed E-state index contributed by atoms with van der Waals surface area (Å²) in [6, 6.07) is 14.5. The summed E-state index contributed by atoms with van der Waals surface area (Å²) in [5, 5.41) is 4.27. The highest BCUT2D eigenvalue weighted by Crippen LogP contribution is 2.27. The average Bonchev–Trinajstić information content (AvgIpc) is 2.73. The van der Waals surface area contributed by atoms with Crippen molar-refractivity contribution in [3.05, 3.63) is 71.4 Å². The fraction of sp³-hybridized carbons (Fsp3) is 0.143. The largest absolute Gasteiger partial charge is 0.497 e. The first-order chi connectivity index (χ1) is 13.7. The first-order valence-electron chi connectivity index (χ1n) is 8.82. The number of nitrogens with one attached hydrogen (secondary N) is 1. The lowest BCUT2D eigenvalue weighted by atomic mass is 10.1. The van der Waals surface area contributed by atoms with Crippen molar-refractivity contribution in [3.8, 4) is 5.75 Å².